The van der Waals surface area contributed by atoms with E-state index in [1.807, 2.05) is 37.3 Å². The molecule has 0 saturated carbocycles. The molecule has 3 rings (SSSR count). The molecule has 31 heavy (non-hydrogen) atoms. The Morgan fingerprint density at radius 3 is 2.45 bits per heavy atom. The van der Waals surface area contributed by atoms with E-state index in [1.54, 1.807) is 24.3 Å². The lowest BCUT2D eigenvalue weighted by atomic mass is 9.96. The maximum absolute atomic E-state index is 12.5. The minimum Gasteiger partial charge on any atom is -0.451 e. The topological polar surface area (TPSA) is 92.8 Å². The van der Waals surface area contributed by atoms with Crippen LogP contribution in [0.5, 0.6) is 0 Å². The van der Waals surface area contributed by atoms with Crippen LogP contribution >= 0.6 is 0 Å². The Bertz CT molecular complexity index is 973. The first-order valence-electron chi connectivity index (χ1n) is 10.4. The SMILES string of the molecule is CC[C@H](CNC(=O)[C@@H](C)OC(=O)CN1C(=O)Cc2ccccc2C1=O)c1ccccc1. The van der Waals surface area contributed by atoms with Crippen molar-refractivity contribution in [2.75, 3.05) is 13.1 Å². The number of benzene rings is 2. The Labute approximate surface area is 181 Å². The molecule has 0 fully saturated rings. The van der Waals surface area contributed by atoms with Gasteiger partial charge in [0.2, 0.25) is 5.91 Å². The fourth-order valence-corrected chi connectivity index (χ4v) is 3.57. The summed E-state index contributed by atoms with van der Waals surface area (Å²) in [6, 6.07) is 16.6. The van der Waals surface area contributed by atoms with E-state index in [-0.39, 0.29) is 12.3 Å². The van der Waals surface area contributed by atoms with Crippen molar-refractivity contribution < 1.29 is 23.9 Å². The number of imide groups is 1. The van der Waals surface area contributed by atoms with Gasteiger partial charge in [-0.05, 0) is 30.5 Å². The average molecular weight is 422 g/mol. The van der Waals surface area contributed by atoms with E-state index in [2.05, 4.69) is 5.32 Å². The predicted molar refractivity (Wildman–Crippen MR) is 114 cm³/mol. The van der Waals surface area contributed by atoms with Gasteiger partial charge in [-0.3, -0.25) is 24.1 Å². The Morgan fingerprint density at radius 2 is 1.74 bits per heavy atom. The number of carbonyl (C=O) groups excluding carboxylic acids is 4. The molecule has 1 aliphatic heterocycles. The summed E-state index contributed by atoms with van der Waals surface area (Å²) in [6.45, 7) is 3.40. The minimum absolute atomic E-state index is 0.0448. The van der Waals surface area contributed by atoms with Crippen molar-refractivity contribution in [1.82, 2.24) is 10.2 Å². The van der Waals surface area contributed by atoms with Gasteiger partial charge in [0.25, 0.3) is 11.8 Å². The van der Waals surface area contributed by atoms with Crippen LogP contribution in [0, 0.1) is 0 Å². The maximum atomic E-state index is 12.5. The summed E-state index contributed by atoms with van der Waals surface area (Å²) in [5, 5.41) is 2.81. The van der Waals surface area contributed by atoms with Crippen molar-refractivity contribution in [3.05, 3.63) is 71.3 Å². The second-order valence-corrected chi connectivity index (χ2v) is 7.51. The first kappa shape index (κ1) is 22.2. The second kappa shape index (κ2) is 10.0. The molecule has 0 aromatic heterocycles. The summed E-state index contributed by atoms with van der Waals surface area (Å²) < 4.78 is 5.17. The van der Waals surface area contributed by atoms with Gasteiger partial charge >= 0.3 is 5.97 Å². The molecule has 2 aromatic rings. The summed E-state index contributed by atoms with van der Waals surface area (Å²) in [5.41, 5.74) is 2.16. The lowest BCUT2D eigenvalue weighted by Crippen LogP contribution is -2.46. The van der Waals surface area contributed by atoms with Crippen LogP contribution in [0.3, 0.4) is 0 Å². The van der Waals surface area contributed by atoms with Crippen LogP contribution in [-0.4, -0.2) is 47.8 Å². The van der Waals surface area contributed by atoms with E-state index in [0.29, 0.717) is 17.7 Å². The Kier molecular flexibility index (Phi) is 7.18. The molecule has 0 aliphatic carbocycles. The first-order valence-corrected chi connectivity index (χ1v) is 10.4. The molecule has 0 spiro atoms. The average Bonchev–Trinajstić information content (AvgIpc) is 2.77. The van der Waals surface area contributed by atoms with Gasteiger partial charge < -0.3 is 10.1 Å². The van der Waals surface area contributed by atoms with Gasteiger partial charge in [0.05, 0.1) is 6.42 Å². The van der Waals surface area contributed by atoms with Crippen LogP contribution in [-0.2, 0) is 25.5 Å². The quantitative estimate of drug-likeness (QED) is 0.521. The smallest absolute Gasteiger partial charge is 0.326 e. The molecule has 0 bridgehead atoms. The van der Waals surface area contributed by atoms with Crippen molar-refractivity contribution in [3.8, 4) is 0 Å². The lowest BCUT2D eigenvalue weighted by Gasteiger charge is -2.26. The highest BCUT2D eigenvalue weighted by atomic mass is 16.5. The number of amides is 3. The predicted octanol–water partition coefficient (Wildman–Crippen LogP) is 2.45. The molecule has 162 valence electrons. The number of rotatable bonds is 8. The molecule has 1 heterocycles. The summed E-state index contributed by atoms with van der Waals surface area (Å²) >= 11 is 0. The maximum Gasteiger partial charge on any atom is 0.326 e. The number of nitrogens with one attached hydrogen (secondary N) is 1. The summed E-state index contributed by atoms with van der Waals surface area (Å²) in [6.07, 6.45) is -0.148. The zero-order valence-electron chi connectivity index (χ0n) is 17.7. The molecule has 7 nitrogen and oxygen atoms in total. The fourth-order valence-electron chi connectivity index (χ4n) is 3.57. The highest BCUT2D eigenvalue weighted by Gasteiger charge is 2.33. The molecule has 1 N–H and O–H groups in total. The monoisotopic (exact) mass is 422 g/mol. The van der Waals surface area contributed by atoms with E-state index in [4.69, 9.17) is 4.74 Å². The van der Waals surface area contributed by atoms with Crippen LogP contribution in [0.4, 0.5) is 0 Å². The van der Waals surface area contributed by atoms with Gasteiger partial charge in [0, 0.05) is 18.0 Å². The zero-order chi connectivity index (χ0) is 22.4. The number of hydrogen-bond donors (Lipinski definition) is 1. The number of nitrogens with zero attached hydrogens (tertiary/aromatic N) is 1. The number of carbonyl (C=O) groups is 4. The van der Waals surface area contributed by atoms with Crippen molar-refractivity contribution in [3.63, 3.8) is 0 Å². The minimum atomic E-state index is -1.04. The van der Waals surface area contributed by atoms with Crippen LogP contribution < -0.4 is 5.32 Å². The van der Waals surface area contributed by atoms with E-state index in [9.17, 15) is 19.2 Å². The van der Waals surface area contributed by atoms with E-state index in [0.717, 1.165) is 16.9 Å². The van der Waals surface area contributed by atoms with Crippen molar-refractivity contribution in [2.45, 2.75) is 38.7 Å². The van der Waals surface area contributed by atoms with Gasteiger partial charge in [-0.1, -0.05) is 55.5 Å². The van der Waals surface area contributed by atoms with Gasteiger partial charge in [-0.15, -0.1) is 0 Å². The van der Waals surface area contributed by atoms with E-state index >= 15 is 0 Å². The van der Waals surface area contributed by atoms with Gasteiger partial charge in [0.15, 0.2) is 6.10 Å². The molecule has 1 aliphatic rings. The van der Waals surface area contributed by atoms with Gasteiger partial charge in [-0.25, -0.2) is 0 Å². The molecule has 0 unspecified atom stereocenters. The molecule has 3 amide bonds. The van der Waals surface area contributed by atoms with Crippen LogP contribution in [0.25, 0.3) is 0 Å². The standard InChI is InChI=1S/C24H26N2O5/c1-3-17(18-9-5-4-6-10-18)14-25-23(29)16(2)31-22(28)15-26-21(27)13-19-11-7-8-12-20(19)24(26)30/h4-12,16-17H,3,13-15H2,1-2H3,(H,25,29)/t16-,17-/m1/s1. The van der Waals surface area contributed by atoms with Gasteiger partial charge in [0.1, 0.15) is 6.54 Å². The molecular formula is C24H26N2O5. The molecule has 7 heteroatoms. The number of hydrogen-bond acceptors (Lipinski definition) is 5. The highest BCUT2D eigenvalue weighted by Crippen LogP contribution is 2.20. The third kappa shape index (κ3) is 5.36. The van der Waals surface area contributed by atoms with Crippen molar-refractivity contribution in [1.29, 1.82) is 0 Å². The summed E-state index contributed by atoms with van der Waals surface area (Å²) in [4.78, 5) is 50.4. The summed E-state index contributed by atoms with van der Waals surface area (Å²) in [7, 11) is 0. The van der Waals surface area contributed by atoms with E-state index < -0.39 is 36.3 Å². The Balaban J connectivity index is 1.52. The van der Waals surface area contributed by atoms with Crippen LogP contribution in [0.15, 0.2) is 54.6 Å². The zero-order valence-corrected chi connectivity index (χ0v) is 17.7. The highest BCUT2D eigenvalue weighted by molar-refractivity contribution is 6.11. The summed E-state index contributed by atoms with van der Waals surface area (Å²) in [5.74, 6) is -2.08. The van der Waals surface area contributed by atoms with E-state index in [1.165, 1.54) is 6.92 Å². The van der Waals surface area contributed by atoms with Gasteiger partial charge in [-0.2, -0.15) is 0 Å². The number of esters is 1. The lowest BCUT2D eigenvalue weighted by molar-refractivity contribution is -0.156. The third-order valence-electron chi connectivity index (χ3n) is 5.39. The Morgan fingerprint density at radius 1 is 1.06 bits per heavy atom. The third-order valence-corrected chi connectivity index (χ3v) is 5.39. The fraction of sp³-hybridized carbons (Fsp3) is 0.333. The molecule has 0 saturated heterocycles. The normalized spacial score (nSPS) is 15.1. The molecular weight excluding hydrogens is 396 g/mol. The molecule has 2 atom stereocenters. The second-order valence-electron chi connectivity index (χ2n) is 7.51. The Hall–Kier alpha value is -3.48. The number of fused-ring (bicyclic) bond motifs is 1. The van der Waals surface area contributed by atoms with Crippen LogP contribution in [0.1, 0.15) is 47.7 Å². The molecule has 2 aromatic carbocycles. The largest absolute Gasteiger partial charge is 0.451 e. The van der Waals surface area contributed by atoms with Crippen molar-refractivity contribution >= 4 is 23.7 Å². The number of ether oxygens (including phenoxy) is 1. The van der Waals surface area contributed by atoms with Crippen molar-refractivity contribution in [2.24, 2.45) is 0 Å². The molecule has 0 radical (unpaired) electrons. The first-order chi connectivity index (χ1) is 14.9. The van der Waals surface area contributed by atoms with Crippen LogP contribution in [0.2, 0.25) is 0 Å².